The molecule has 5 rings (SSSR count). The van der Waals surface area contributed by atoms with E-state index in [-0.39, 0.29) is 0 Å². The minimum atomic E-state index is -1.47. The summed E-state index contributed by atoms with van der Waals surface area (Å²) in [5, 5.41) is 1.83. The van der Waals surface area contributed by atoms with E-state index in [0.29, 0.717) is 0 Å². The molecule has 0 spiro atoms. The highest BCUT2D eigenvalue weighted by atomic mass is 28.3. The van der Waals surface area contributed by atoms with E-state index in [9.17, 15) is 0 Å². The normalized spacial score (nSPS) is 33.5. The van der Waals surface area contributed by atoms with Crippen molar-refractivity contribution in [3.63, 3.8) is 0 Å². The molecule has 2 aromatic carbocycles. The molecule has 2 bridgehead atoms. The first-order chi connectivity index (χ1) is 11.7. The Morgan fingerprint density at radius 3 is 2.50 bits per heavy atom. The highest BCUT2D eigenvalue weighted by Crippen LogP contribution is 2.64. The van der Waals surface area contributed by atoms with E-state index in [4.69, 9.17) is 0 Å². The predicted octanol–water partition coefficient (Wildman–Crippen LogP) is 5.74. The van der Waals surface area contributed by atoms with Crippen LogP contribution in [0.1, 0.15) is 61.6 Å². The summed E-state index contributed by atoms with van der Waals surface area (Å²) in [5.74, 6) is 1.71. The lowest BCUT2D eigenvalue weighted by Crippen LogP contribution is -2.58. The van der Waals surface area contributed by atoms with Crippen LogP contribution >= 0.6 is 0 Å². The summed E-state index contributed by atoms with van der Waals surface area (Å²) in [5.41, 5.74) is 6.93. The first-order valence-electron chi connectivity index (χ1n) is 9.89. The highest BCUT2D eigenvalue weighted by molar-refractivity contribution is 6.94. The molecule has 3 aliphatic rings. The molecule has 2 aliphatic carbocycles. The Bertz CT molecular complexity index is 777. The van der Waals surface area contributed by atoms with Crippen LogP contribution in [0.2, 0.25) is 17.1 Å². The minimum absolute atomic E-state index is 0.853. The minimum Gasteiger partial charge on any atom is -0.0648 e. The molecule has 0 amide bonds. The van der Waals surface area contributed by atoms with E-state index in [1.165, 1.54) is 31.7 Å². The Morgan fingerprint density at radius 2 is 1.67 bits per heavy atom. The smallest absolute Gasteiger partial charge is 0.0648 e. The van der Waals surface area contributed by atoms with E-state index in [1.54, 1.807) is 16.7 Å². The van der Waals surface area contributed by atoms with Crippen LogP contribution < -0.4 is 5.19 Å². The topological polar surface area (TPSA) is 0 Å². The molecule has 0 unspecified atom stereocenters. The third kappa shape index (κ3) is 1.85. The summed E-state index contributed by atoms with van der Waals surface area (Å²) >= 11 is 0. The van der Waals surface area contributed by atoms with Gasteiger partial charge in [0.25, 0.3) is 0 Å². The largest absolute Gasteiger partial charge is 0.0932 e. The average Bonchev–Trinajstić information content (AvgIpc) is 3.21. The lowest BCUT2D eigenvalue weighted by Gasteiger charge is -2.48. The lowest BCUT2D eigenvalue weighted by molar-refractivity contribution is 0.661. The van der Waals surface area contributed by atoms with E-state index in [1.807, 2.05) is 5.19 Å². The van der Waals surface area contributed by atoms with Gasteiger partial charge in [-0.1, -0.05) is 80.0 Å². The molecule has 124 valence electrons. The fraction of sp³-hybridized carbons (Fsp3) is 0.478. The molecule has 0 N–H and O–H groups in total. The van der Waals surface area contributed by atoms with Crippen molar-refractivity contribution in [3.05, 3.63) is 65.2 Å². The van der Waals surface area contributed by atoms with Gasteiger partial charge >= 0.3 is 0 Å². The number of fused-ring (bicyclic) bond motifs is 6. The maximum absolute atomic E-state index is 2.55. The van der Waals surface area contributed by atoms with Crippen LogP contribution in [0, 0.1) is 0 Å². The van der Waals surface area contributed by atoms with Crippen molar-refractivity contribution in [1.29, 1.82) is 0 Å². The second-order valence-electron chi connectivity index (χ2n) is 8.72. The number of rotatable bonds is 2. The molecule has 2 aromatic rings. The summed E-state index contributed by atoms with van der Waals surface area (Å²) in [6, 6.07) is 20.4. The predicted molar refractivity (Wildman–Crippen MR) is 105 cm³/mol. The van der Waals surface area contributed by atoms with Gasteiger partial charge in [0.1, 0.15) is 0 Å². The monoisotopic (exact) mass is 332 g/mol. The van der Waals surface area contributed by atoms with Gasteiger partial charge in [0.2, 0.25) is 0 Å². The van der Waals surface area contributed by atoms with Gasteiger partial charge in [-0.3, -0.25) is 0 Å². The molecule has 0 nitrogen and oxygen atoms in total. The molecule has 0 aromatic heterocycles. The van der Waals surface area contributed by atoms with Crippen LogP contribution in [0.5, 0.6) is 0 Å². The van der Waals surface area contributed by atoms with Crippen LogP contribution in [0.4, 0.5) is 0 Å². The summed E-state index contributed by atoms with van der Waals surface area (Å²) in [6.07, 6.45) is 5.65. The molecular weight excluding hydrogens is 304 g/mol. The van der Waals surface area contributed by atoms with Crippen molar-refractivity contribution in [1.82, 2.24) is 0 Å². The fourth-order valence-corrected chi connectivity index (χ4v) is 13.5. The second-order valence-corrected chi connectivity index (χ2v) is 13.7. The molecule has 1 aliphatic heterocycles. The summed E-state index contributed by atoms with van der Waals surface area (Å²) in [6.45, 7) is 5.10. The number of benzene rings is 2. The van der Waals surface area contributed by atoms with Crippen molar-refractivity contribution in [2.45, 2.75) is 68.5 Å². The van der Waals surface area contributed by atoms with Crippen molar-refractivity contribution < 1.29 is 0 Å². The van der Waals surface area contributed by atoms with Crippen LogP contribution in [0.15, 0.2) is 48.5 Å². The summed E-state index contributed by atoms with van der Waals surface area (Å²) in [7, 11) is -1.47. The number of aryl methyl sites for hydroxylation is 1. The number of hydrogen-bond donors (Lipinski definition) is 0. The van der Waals surface area contributed by atoms with E-state index < -0.39 is 8.07 Å². The van der Waals surface area contributed by atoms with Gasteiger partial charge in [0, 0.05) is 0 Å². The molecule has 4 atom stereocenters. The van der Waals surface area contributed by atoms with Gasteiger partial charge in [-0.05, 0) is 58.9 Å². The Kier molecular flexibility index (Phi) is 3.32. The zero-order valence-corrected chi connectivity index (χ0v) is 16.0. The van der Waals surface area contributed by atoms with Gasteiger partial charge in [-0.25, -0.2) is 0 Å². The van der Waals surface area contributed by atoms with Gasteiger partial charge in [0.15, 0.2) is 0 Å². The zero-order chi connectivity index (χ0) is 16.3. The Morgan fingerprint density at radius 1 is 0.917 bits per heavy atom. The van der Waals surface area contributed by atoms with Crippen molar-refractivity contribution in [2.24, 2.45) is 0 Å². The van der Waals surface area contributed by atoms with Crippen LogP contribution in [0.25, 0.3) is 0 Å². The first kappa shape index (κ1) is 15.0. The van der Waals surface area contributed by atoms with E-state index >= 15 is 0 Å². The molecule has 1 heteroatoms. The maximum atomic E-state index is 2.55. The van der Waals surface area contributed by atoms with Crippen molar-refractivity contribution in [3.8, 4) is 0 Å². The summed E-state index contributed by atoms with van der Waals surface area (Å²) < 4.78 is 0. The number of hydrogen-bond acceptors (Lipinski definition) is 0. The van der Waals surface area contributed by atoms with Gasteiger partial charge in [-0.15, -0.1) is 0 Å². The zero-order valence-electron chi connectivity index (χ0n) is 15.0. The van der Waals surface area contributed by atoms with Crippen molar-refractivity contribution >= 4 is 13.3 Å². The van der Waals surface area contributed by atoms with E-state index in [0.717, 1.165) is 22.9 Å². The van der Waals surface area contributed by atoms with Crippen LogP contribution in [0.3, 0.4) is 0 Å². The first-order valence-corrected chi connectivity index (χ1v) is 12.2. The molecule has 1 fully saturated rings. The second kappa shape index (κ2) is 5.33. The molecule has 0 saturated heterocycles. The molecular formula is C23H28Si. The van der Waals surface area contributed by atoms with Crippen molar-refractivity contribution in [2.75, 3.05) is 0 Å². The standard InChI is InChI=1S/C23H28Si/c1-16(2)24(13-7-9-17-8-3-6-12-22(17)24)23-15-18-14-21(23)20-11-5-4-10-19(18)20/h3-6,8,10-12,16,18,21,23H,7,9,13-15H2,1-2H3/t18-,21-,23+,24-/m0/s1. The Hall–Kier alpha value is -1.34. The average molecular weight is 333 g/mol. The van der Waals surface area contributed by atoms with Gasteiger partial charge in [0.05, 0.1) is 8.07 Å². The molecule has 0 radical (unpaired) electrons. The van der Waals surface area contributed by atoms with Gasteiger partial charge in [-0.2, -0.15) is 0 Å². The SMILES string of the molecule is CC(C)[Si@@]1([C@@H]2C[C@@H]3C[C@H]2c2ccccc23)CCCc2ccccc21. The molecule has 1 saturated carbocycles. The molecule has 1 heterocycles. The summed E-state index contributed by atoms with van der Waals surface area (Å²) in [4.78, 5) is 0. The third-order valence-electron chi connectivity index (χ3n) is 7.65. The quantitative estimate of drug-likeness (QED) is 0.615. The lowest BCUT2D eigenvalue weighted by atomic mass is 9.91. The third-order valence-corrected chi connectivity index (χ3v) is 14.3. The maximum Gasteiger partial charge on any atom is 0.0932 e. The van der Waals surface area contributed by atoms with Crippen LogP contribution in [-0.4, -0.2) is 8.07 Å². The Balaban J connectivity index is 1.65. The van der Waals surface area contributed by atoms with Crippen LogP contribution in [-0.2, 0) is 6.42 Å². The fourth-order valence-electron chi connectivity index (χ4n) is 6.74. The Labute approximate surface area is 147 Å². The molecule has 24 heavy (non-hydrogen) atoms. The van der Waals surface area contributed by atoms with Gasteiger partial charge < -0.3 is 0 Å². The highest BCUT2D eigenvalue weighted by Gasteiger charge is 2.56. The van der Waals surface area contributed by atoms with E-state index in [2.05, 4.69) is 62.4 Å².